The van der Waals surface area contributed by atoms with Gasteiger partial charge in [-0.25, -0.2) is 9.67 Å². The lowest BCUT2D eigenvalue weighted by atomic mass is 9.96. The van der Waals surface area contributed by atoms with E-state index in [1.165, 1.54) is 6.39 Å². The van der Waals surface area contributed by atoms with E-state index in [4.69, 9.17) is 4.42 Å². The van der Waals surface area contributed by atoms with Crippen LogP contribution in [-0.2, 0) is 25.9 Å². The van der Waals surface area contributed by atoms with Gasteiger partial charge in [0.05, 0.1) is 11.4 Å². The molecule has 6 nitrogen and oxygen atoms in total. The molecule has 1 aliphatic carbocycles. The molecule has 0 N–H and O–H groups in total. The third-order valence-corrected chi connectivity index (χ3v) is 5.03. The van der Waals surface area contributed by atoms with Gasteiger partial charge in [-0.1, -0.05) is 0 Å². The molecule has 1 saturated heterocycles. The first-order valence-electron chi connectivity index (χ1n) is 8.47. The van der Waals surface area contributed by atoms with Gasteiger partial charge in [0.2, 0.25) is 0 Å². The first-order valence-corrected chi connectivity index (χ1v) is 8.47. The minimum absolute atomic E-state index is 0.0654. The molecule has 0 radical (unpaired) electrons. The number of fused-ring (bicyclic) bond motifs is 1. The molecular formula is C17H22N4O2. The highest BCUT2D eigenvalue weighted by molar-refractivity contribution is 5.22. The second-order valence-corrected chi connectivity index (χ2v) is 6.69. The second kappa shape index (κ2) is 6.28. The topological polar surface area (TPSA) is 64.2 Å². The number of hydrogen-bond donors (Lipinski definition) is 0. The minimum atomic E-state index is 0.0654. The maximum absolute atomic E-state index is 12.2. The van der Waals surface area contributed by atoms with Crippen LogP contribution in [0.5, 0.6) is 0 Å². The standard InChI is InChI=1S/C17H22N4O2/c22-17-8-14-2-1-3-16(14)19-21(17)9-13-4-6-20(7-5-13)10-15-11-23-12-18-15/h8,11-13H,1-7,9-10H2. The lowest BCUT2D eigenvalue weighted by Gasteiger charge is -2.31. The molecule has 6 heteroatoms. The smallest absolute Gasteiger partial charge is 0.267 e. The van der Waals surface area contributed by atoms with Gasteiger partial charge in [-0.3, -0.25) is 9.69 Å². The van der Waals surface area contributed by atoms with Crippen molar-refractivity contribution in [3.05, 3.63) is 46.0 Å². The highest BCUT2D eigenvalue weighted by atomic mass is 16.3. The lowest BCUT2D eigenvalue weighted by molar-refractivity contribution is 0.162. The Morgan fingerprint density at radius 3 is 2.91 bits per heavy atom. The summed E-state index contributed by atoms with van der Waals surface area (Å²) < 4.78 is 6.72. The summed E-state index contributed by atoms with van der Waals surface area (Å²) in [6.07, 6.45) is 8.55. The van der Waals surface area contributed by atoms with E-state index in [0.717, 1.165) is 75.2 Å². The fourth-order valence-corrected chi connectivity index (χ4v) is 3.69. The Morgan fingerprint density at radius 1 is 1.26 bits per heavy atom. The van der Waals surface area contributed by atoms with Crippen LogP contribution in [0.3, 0.4) is 0 Å². The summed E-state index contributed by atoms with van der Waals surface area (Å²) in [7, 11) is 0. The summed E-state index contributed by atoms with van der Waals surface area (Å²) in [4.78, 5) is 18.8. The Balaban J connectivity index is 1.35. The highest BCUT2D eigenvalue weighted by Crippen LogP contribution is 2.21. The van der Waals surface area contributed by atoms with Crippen LogP contribution in [0.2, 0.25) is 0 Å². The minimum Gasteiger partial charge on any atom is -0.451 e. The second-order valence-electron chi connectivity index (χ2n) is 6.69. The van der Waals surface area contributed by atoms with Gasteiger partial charge in [0.1, 0.15) is 6.26 Å². The molecule has 2 aliphatic rings. The summed E-state index contributed by atoms with van der Waals surface area (Å²) >= 11 is 0. The summed E-state index contributed by atoms with van der Waals surface area (Å²) in [6, 6.07) is 1.80. The third kappa shape index (κ3) is 3.22. The van der Waals surface area contributed by atoms with Crippen molar-refractivity contribution in [1.82, 2.24) is 19.7 Å². The number of rotatable bonds is 4. The van der Waals surface area contributed by atoms with Gasteiger partial charge < -0.3 is 4.42 Å². The molecule has 4 rings (SSSR count). The molecule has 1 fully saturated rings. The van der Waals surface area contributed by atoms with E-state index in [2.05, 4.69) is 15.0 Å². The number of aromatic nitrogens is 3. The van der Waals surface area contributed by atoms with Crippen molar-refractivity contribution in [2.45, 2.75) is 45.2 Å². The molecule has 122 valence electrons. The first kappa shape index (κ1) is 14.6. The van der Waals surface area contributed by atoms with Crippen molar-refractivity contribution in [2.24, 2.45) is 5.92 Å². The van der Waals surface area contributed by atoms with Crippen LogP contribution < -0.4 is 5.56 Å². The van der Waals surface area contributed by atoms with Crippen LogP contribution in [0, 0.1) is 5.92 Å². The third-order valence-electron chi connectivity index (χ3n) is 5.03. The summed E-state index contributed by atoms with van der Waals surface area (Å²) in [6.45, 7) is 3.68. The monoisotopic (exact) mass is 314 g/mol. The zero-order chi connectivity index (χ0) is 15.6. The first-order chi connectivity index (χ1) is 11.3. The SMILES string of the molecule is O=c1cc2c(nn1CC1CCN(Cc3cocn3)CC1)CCC2. The molecular weight excluding hydrogens is 292 g/mol. The molecule has 2 aromatic rings. The Morgan fingerprint density at radius 2 is 2.13 bits per heavy atom. The molecule has 0 amide bonds. The van der Waals surface area contributed by atoms with Crippen molar-refractivity contribution in [1.29, 1.82) is 0 Å². The molecule has 3 heterocycles. The summed E-state index contributed by atoms with van der Waals surface area (Å²) in [5, 5.41) is 4.59. The van der Waals surface area contributed by atoms with Gasteiger partial charge in [0.15, 0.2) is 6.39 Å². The molecule has 0 saturated carbocycles. The summed E-state index contributed by atoms with van der Waals surface area (Å²) in [5.74, 6) is 0.535. The normalized spacial score (nSPS) is 19.1. The van der Waals surface area contributed by atoms with Gasteiger partial charge in [-0.2, -0.15) is 5.10 Å². The van der Waals surface area contributed by atoms with Gasteiger partial charge in [0, 0.05) is 19.2 Å². The number of likely N-dealkylation sites (tertiary alicyclic amines) is 1. The fraction of sp³-hybridized carbons (Fsp3) is 0.588. The van der Waals surface area contributed by atoms with Crippen LogP contribution in [0.4, 0.5) is 0 Å². The van der Waals surface area contributed by atoms with Gasteiger partial charge in [-0.05, 0) is 56.7 Å². The van der Waals surface area contributed by atoms with E-state index >= 15 is 0 Å². The Labute approximate surface area is 135 Å². The molecule has 0 aromatic carbocycles. The fourth-order valence-electron chi connectivity index (χ4n) is 3.69. The molecule has 2 aromatic heterocycles. The molecule has 0 unspecified atom stereocenters. The predicted molar refractivity (Wildman–Crippen MR) is 85.0 cm³/mol. The van der Waals surface area contributed by atoms with Crippen molar-refractivity contribution >= 4 is 0 Å². The van der Waals surface area contributed by atoms with Crippen LogP contribution in [-0.4, -0.2) is 32.8 Å². The zero-order valence-electron chi connectivity index (χ0n) is 13.3. The maximum atomic E-state index is 12.2. The lowest BCUT2D eigenvalue weighted by Crippen LogP contribution is -2.36. The Kier molecular flexibility index (Phi) is 3.99. The maximum Gasteiger partial charge on any atom is 0.267 e. The molecule has 0 bridgehead atoms. The van der Waals surface area contributed by atoms with Crippen molar-refractivity contribution in [3.63, 3.8) is 0 Å². The number of nitrogens with zero attached hydrogens (tertiary/aromatic N) is 4. The van der Waals surface area contributed by atoms with Crippen molar-refractivity contribution in [3.8, 4) is 0 Å². The largest absolute Gasteiger partial charge is 0.451 e. The van der Waals surface area contributed by atoms with Gasteiger partial charge in [-0.15, -0.1) is 0 Å². The number of hydrogen-bond acceptors (Lipinski definition) is 5. The van der Waals surface area contributed by atoms with E-state index in [1.807, 2.05) is 0 Å². The number of aryl methyl sites for hydroxylation is 2. The van der Waals surface area contributed by atoms with Crippen LogP contribution >= 0.6 is 0 Å². The molecule has 0 atom stereocenters. The average molecular weight is 314 g/mol. The number of oxazole rings is 1. The Bertz CT molecular complexity index is 715. The quantitative estimate of drug-likeness (QED) is 0.858. The average Bonchev–Trinajstić information content (AvgIpc) is 3.21. The van der Waals surface area contributed by atoms with E-state index in [9.17, 15) is 4.79 Å². The summed E-state index contributed by atoms with van der Waals surface area (Å²) in [5.41, 5.74) is 3.34. The van der Waals surface area contributed by atoms with E-state index in [-0.39, 0.29) is 5.56 Å². The number of piperidine rings is 1. The highest BCUT2D eigenvalue weighted by Gasteiger charge is 2.22. The van der Waals surface area contributed by atoms with Gasteiger partial charge >= 0.3 is 0 Å². The molecule has 0 spiro atoms. The predicted octanol–water partition coefficient (Wildman–Crippen LogP) is 1.63. The van der Waals surface area contributed by atoms with Crippen LogP contribution in [0.25, 0.3) is 0 Å². The van der Waals surface area contributed by atoms with Crippen molar-refractivity contribution < 1.29 is 4.42 Å². The van der Waals surface area contributed by atoms with Crippen LogP contribution in [0.1, 0.15) is 36.2 Å². The van der Waals surface area contributed by atoms with Crippen LogP contribution in [0.15, 0.2) is 27.9 Å². The molecule has 1 aliphatic heterocycles. The van der Waals surface area contributed by atoms with E-state index < -0.39 is 0 Å². The Hall–Kier alpha value is -1.95. The van der Waals surface area contributed by atoms with E-state index in [1.54, 1.807) is 17.0 Å². The van der Waals surface area contributed by atoms with Crippen molar-refractivity contribution in [2.75, 3.05) is 13.1 Å². The zero-order valence-corrected chi connectivity index (χ0v) is 13.3. The van der Waals surface area contributed by atoms with E-state index in [0.29, 0.717) is 5.92 Å². The van der Waals surface area contributed by atoms with Gasteiger partial charge in [0.25, 0.3) is 5.56 Å². The molecule has 23 heavy (non-hydrogen) atoms.